The second kappa shape index (κ2) is 8.95. The molecular formula is C21H17ClF2N6O3S. The molecule has 0 radical (unpaired) electrons. The van der Waals surface area contributed by atoms with Crippen LogP contribution in [0.1, 0.15) is 5.69 Å². The third kappa shape index (κ3) is 4.41. The number of nitrogens with one attached hydrogen (secondary N) is 2. The Balaban J connectivity index is 1.81. The predicted molar refractivity (Wildman–Crippen MR) is 124 cm³/mol. The van der Waals surface area contributed by atoms with E-state index in [4.69, 9.17) is 16.3 Å². The standard InChI is InChI=1S/C21H17ClF2N6O3S/c1-10-13(4-11-8-27-21(25-2)29-19(11)28-10)14-6-17(16(24)7-15(14)23)30-34(31,32)18-5-12(22)9-26-20(18)33-3/h4-9,30H,1-3H3,(H,25,27,28,29). The Morgan fingerprint density at radius 1 is 1.00 bits per heavy atom. The van der Waals surface area contributed by atoms with Crippen molar-refractivity contribution in [3.8, 4) is 17.0 Å². The Labute approximate surface area is 198 Å². The highest BCUT2D eigenvalue weighted by atomic mass is 35.5. The van der Waals surface area contributed by atoms with Gasteiger partial charge in [0.25, 0.3) is 10.0 Å². The van der Waals surface area contributed by atoms with E-state index in [1.807, 2.05) is 0 Å². The van der Waals surface area contributed by atoms with Crippen molar-refractivity contribution in [3.63, 3.8) is 0 Å². The number of anilines is 2. The molecule has 3 heterocycles. The summed E-state index contributed by atoms with van der Waals surface area (Å²) < 4.78 is 62.4. The van der Waals surface area contributed by atoms with E-state index in [1.165, 1.54) is 19.5 Å². The number of benzene rings is 1. The van der Waals surface area contributed by atoms with Gasteiger partial charge in [0.15, 0.2) is 10.5 Å². The average Bonchev–Trinajstić information content (AvgIpc) is 2.80. The summed E-state index contributed by atoms with van der Waals surface area (Å²) in [6, 6.07) is 4.33. The van der Waals surface area contributed by atoms with Gasteiger partial charge in [0.1, 0.15) is 11.6 Å². The van der Waals surface area contributed by atoms with E-state index in [1.54, 1.807) is 20.0 Å². The lowest BCUT2D eigenvalue weighted by Crippen LogP contribution is -2.16. The molecule has 0 saturated carbocycles. The number of hydrogen-bond acceptors (Lipinski definition) is 8. The van der Waals surface area contributed by atoms with Crippen LogP contribution in [0.2, 0.25) is 5.02 Å². The van der Waals surface area contributed by atoms with Gasteiger partial charge in [-0.2, -0.15) is 4.98 Å². The van der Waals surface area contributed by atoms with Gasteiger partial charge in [0.05, 0.1) is 17.8 Å². The molecule has 13 heteroatoms. The number of aromatic nitrogens is 4. The highest BCUT2D eigenvalue weighted by Gasteiger charge is 2.24. The van der Waals surface area contributed by atoms with Crippen LogP contribution in [0.5, 0.6) is 5.88 Å². The molecule has 4 rings (SSSR count). The molecule has 0 unspecified atom stereocenters. The summed E-state index contributed by atoms with van der Waals surface area (Å²) in [5, 5.41) is 3.35. The van der Waals surface area contributed by atoms with Crippen LogP contribution in [-0.2, 0) is 10.0 Å². The van der Waals surface area contributed by atoms with Gasteiger partial charge >= 0.3 is 0 Å². The van der Waals surface area contributed by atoms with Gasteiger partial charge in [-0.1, -0.05) is 11.6 Å². The van der Waals surface area contributed by atoms with E-state index < -0.39 is 32.2 Å². The number of hydrogen-bond donors (Lipinski definition) is 2. The number of ether oxygens (including phenoxy) is 1. The van der Waals surface area contributed by atoms with Crippen molar-refractivity contribution in [3.05, 3.63) is 59.0 Å². The molecule has 1 aromatic carbocycles. The second-order valence-corrected chi connectivity index (χ2v) is 9.14. The minimum Gasteiger partial charge on any atom is -0.480 e. The molecule has 0 aliphatic heterocycles. The number of nitrogens with zero attached hydrogens (tertiary/aromatic N) is 4. The molecule has 0 bridgehead atoms. The fourth-order valence-corrected chi connectivity index (χ4v) is 4.66. The largest absolute Gasteiger partial charge is 0.480 e. The number of fused-ring (bicyclic) bond motifs is 1. The molecule has 0 amide bonds. The van der Waals surface area contributed by atoms with Crippen LogP contribution >= 0.6 is 11.6 Å². The third-order valence-electron chi connectivity index (χ3n) is 4.84. The lowest BCUT2D eigenvalue weighted by molar-refractivity contribution is 0.385. The topological polar surface area (TPSA) is 119 Å². The zero-order valence-corrected chi connectivity index (χ0v) is 19.6. The van der Waals surface area contributed by atoms with Crippen LogP contribution in [0, 0.1) is 18.6 Å². The minimum atomic E-state index is -4.39. The van der Waals surface area contributed by atoms with Crippen molar-refractivity contribution in [2.45, 2.75) is 11.8 Å². The van der Waals surface area contributed by atoms with Gasteiger partial charge in [-0.25, -0.2) is 32.2 Å². The summed E-state index contributed by atoms with van der Waals surface area (Å²) in [6.07, 6.45) is 2.71. The van der Waals surface area contributed by atoms with Gasteiger partial charge in [-0.05, 0) is 25.1 Å². The van der Waals surface area contributed by atoms with E-state index in [9.17, 15) is 17.2 Å². The molecule has 9 nitrogen and oxygen atoms in total. The molecule has 0 atom stereocenters. The Morgan fingerprint density at radius 2 is 1.76 bits per heavy atom. The molecule has 2 N–H and O–H groups in total. The summed E-state index contributed by atoms with van der Waals surface area (Å²) in [5.74, 6) is -1.90. The summed E-state index contributed by atoms with van der Waals surface area (Å²) in [7, 11) is -1.50. The van der Waals surface area contributed by atoms with Crippen LogP contribution in [0.25, 0.3) is 22.2 Å². The lowest BCUT2D eigenvalue weighted by atomic mass is 10.0. The molecule has 176 valence electrons. The summed E-state index contributed by atoms with van der Waals surface area (Å²) >= 11 is 5.87. The summed E-state index contributed by atoms with van der Waals surface area (Å²) in [4.78, 5) is 16.1. The van der Waals surface area contributed by atoms with E-state index in [-0.39, 0.29) is 16.5 Å². The van der Waals surface area contributed by atoms with Crippen LogP contribution < -0.4 is 14.8 Å². The van der Waals surface area contributed by atoms with Crippen molar-refractivity contribution < 1.29 is 21.9 Å². The smallest absolute Gasteiger partial charge is 0.267 e. The third-order valence-corrected chi connectivity index (χ3v) is 6.41. The van der Waals surface area contributed by atoms with Crippen molar-refractivity contribution in [2.24, 2.45) is 0 Å². The Hall–Kier alpha value is -3.64. The first-order valence-electron chi connectivity index (χ1n) is 9.67. The normalized spacial score (nSPS) is 11.5. The minimum absolute atomic E-state index is 0.0305. The van der Waals surface area contributed by atoms with Gasteiger partial charge in [-0.3, -0.25) is 4.72 Å². The monoisotopic (exact) mass is 506 g/mol. The van der Waals surface area contributed by atoms with Crippen molar-refractivity contribution in [2.75, 3.05) is 24.2 Å². The number of sulfonamides is 1. The van der Waals surface area contributed by atoms with Gasteiger partial charge in [-0.15, -0.1) is 0 Å². The quantitative estimate of drug-likeness (QED) is 0.400. The number of rotatable bonds is 6. The molecule has 4 aromatic rings. The molecule has 0 aliphatic carbocycles. The van der Waals surface area contributed by atoms with E-state index in [2.05, 4.69) is 30.0 Å². The van der Waals surface area contributed by atoms with Gasteiger partial charge in [0.2, 0.25) is 11.8 Å². The maximum atomic E-state index is 14.8. The lowest BCUT2D eigenvalue weighted by Gasteiger charge is -2.14. The molecule has 0 spiro atoms. The number of halogens is 3. The van der Waals surface area contributed by atoms with Gasteiger partial charge < -0.3 is 10.1 Å². The number of methoxy groups -OCH3 is 1. The highest BCUT2D eigenvalue weighted by Crippen LogP contribution is 2.33. The Bertz CT molecular complexity index is 1540. The first-order valence-corrected chi connectivity index (χ1v) is 11.5. The summed E-state index contributed by atoms with van der Waals surface area (Å²) in [6.45, 7) is 1.63. The van der Waals surface area contributed by atoms with Crippen LogP contribution in [-0.4, -0.2) is 42.5 Å². The van der Waals surface area contributed by atoms with Gasteiger partial charge in [0, 0.05) is 47.7 Å². The first kappa shape index (κ1) is 23.5. The maximum Gasteiger partial charge on any atom is 0.267 e. The molecule has 0 saturated heterocycles. The fraction of sp³-hybridized carbons (Fsp3) is 0.143. The second-order valence-electron chi connectivity index (χ2n) is 7.06. The summed E-state index contributed by atoms with van der Waals surface area (Å²) in [5.41, 5.74) is 0.533. The van der Waals surface area contributed by atoms with Crippen LogP contribution in [0.4, 0.5) is 20.4 Å². The van der Waals surface area contributed by atoms with Crippen LogP contribution in [0.3, 0.4) is 0 Å². The van der Waals surface area contributed by atoms with Crippen molar-refractivity contribution in [1.82, 2.24) is 19.9 Å². The van der Waals surface area contributed by atoms with Crippen LogP contribution in [0.15, 0.2) is 41.6 Å². The molecule has 0 fully saturated rings. The average molecular weight is 507 g/mol. The Kier molecular flexibility index (Phi) is 6.19. The van der Waals surface area contributed by atoms with E-state index in [0.29, 0.717) is 34.3 Å². The predicted octanol–water partition coefficient (Wildman–Crippen LogP) is 4.18. The highest BCUT2D eigenvalue weighted by molar-refractivity contribution is 7.92. The number of aryl methyl sites for hydroxylation is 1. The molecule has 0 aliphatic rings. The first-order chi connectivity index (χ1) is 16.1. The number of pyridine rings is 2. The molecule has 3 aromatic heterocycles. The van der Waals surface area contributed by atoms with Crippen molar-refractivity contribution >= 4 is 44.3 Å². The SMILES string of the molecule is CNc1ncc2cc(-c3cc(NS(=O)(=O)c4cc(Cl)cnc4OC)c(F)cc3F)c(C)nc2n1. The molecule has 34 heavy (non-hydrogen) atoms. The zero-order chi connectivity index (χ0) is 24.6. The zero-order valence-electron chi connectivity index (χ0n) is 18.0. The van der Waals surface area contributed by atoms with E-state index in [0.717, 1.165) is 12.1 Å². The maximum absolute atomic E-state index is 14.8. The van der Waals surface area contributed by atoms with Crippen molar-refractivity contribution in [1.29, 1.82) is 0 Å². The van der Waals surface area contributed by atoms with E-state index >= 15 is 0 Å². The fourth-order valence-electron chi connectivity index (χ4n) is 3.23. The Morgan fingerprint density at radius 3 is 2.47 bits per heavy atom. The molecular weight excluding hydrogens is 490 g/mol.